The maximum atomic E-state index is 8.91. The van der Waals surface area contributed by atoms with Crippen molar-refractivity contribution in [3.8, 4) is 6.07 Å². The third kappa shape index (κ3) is 1.55. The van der Waals surface area contributed by atoms with Gasteiger partial charge in [-0.15, -0.1) is 11.3 Å². The number of ether oxygens (including phenoxy) is 2. The van der Waals surface area contributed by atoms with Crippen LogP contribution in [-0.4, -0.2) is 17.8 Å². The largest absolute Gasteiger partial charge is 0.459 e. The smallest absolute Gasteiger partial charge is 0.301 e. The molecule has 1 unspecified atom stereocenters. The molecule has 1 fully saturated rings. The molecular formula is C8H7N3O2S. The summed E-state index contributed by atoms with van der Waals surface area (Å²) in [5, 5.41) is 8.91. The van der Waals surface area contributed by atoms with Crippen molar-refractivity contribution in [1.82, 2.24) is 4.98 Å². The molecule has 1 aliphatic heterocycles. The SMILES string of the molecule is N#CC(=C1OCC(N)O1)c1cncs1. The van der Waals surface area contributed by atoms with Gasteiger partial charge in [0.25, 0.3) is 0 Å². The van der Waals surface area contributed by atoms with Gasteiger partial charge in [-0.05, 0) is 0 Å². The summed E-state index contributed by atoms with van der Waals surface area (Å²) >= 11 is 1.35. The first-order valence-corrected chi connectivity index (χ1v) is 4.77. The van der Waals surface area contributed by atoms with E-state index in [1.165, 1.54) is 11.3 Å². The molecule has 2 heterocycles. The molecule has 2 N–H and O–H groups in total. The number of rotatable bonds is 1. The Hall–Kier alpha value is -1.58. The highest BCUT2D eigenvalue weighted by atomic mass is 32.1. The maximum absolute atomic E-state index is 8.91. The molecule has 0 spiro atoms. The van der Waals surface area contributed by atoms with Crippen molar-refractivity contribution >= 4 is 16.9 Å². The molecule has 2 rings (SSSR count). The second-order valence-electron chi connectivity index (χ2n) is 2.61. The molecular weight excluding hydrogens is 202 g/mol. The Morgan fingerprint density at radius 2 is 2.64 bits per heavy atom. The summed E-state index contributed by atoms with van der Waals surface area (Å²) in [6.45, 7) is 0.277. The molecule has 0 aliphatic carbocycles. The van der Waals surface area contributed by atoms with Crippen molar-refractivity contribution in [3.05, 3.63) is 22.5 Å². The van der Waals surface area contributed by atoms with Crippen molar-refractivity contribution in [2.45, 2.75) is 6.23 Å². The number of nitrogens with zero attached hydrogens (tertiary/aromatic N) is 2. The van der Waals surface area contributed by atoms with Crippen LogP contribution in [0.5, 0.6) is 0 Å². The molecule has 5 nitrogen and oxygen atoms in total. The minimum Gasteiger partial charge on any atom is -0.459 e. The fourth-order valence-electron chi connectivity index (χ4n) is 1.04. The molecule has 6 heteroatoms. The summed E-state index contributed by atoms with van der Waals surface area (Å²) in [5.41, 5.74) is 7.46. The van der Waals surface area contributed by atoms with Crippen LogP contribution in [0.1, 0.15) is 4.88 Å². The van der Waals surface area contributed by atoms with Crippen molar-refractivity contribution in [1.29, 1.82) is 5.26 Å². The van der Waals surface area contributed by atoms with E-state index in [4.69, 9.17) is 20.5 Å². The lowest BCUT2D eigenvalue weighted by molar-refractivity contribution is 0.148. The molecule has 0 radical (unpaired) electrons. The fourth-order valence-corrected chi connectivity index (χ4v) is 1.64. The summed E-state index contributed by atoms with van der Waals surface area (Å²) < 4.78 is 10.3. The molecule has 1 aliphatic rings. The van der Waals surface area contributed by atoms with Gasteiger partial charge in [0.15, 0.2) is 11.8 Å². The Kier molecular flexibility index (Phi) is 2.35. The zero-order valence-corrected chi connectivity index (χ0v) is 7.95. The Morgan fingerprint density at radius 3 is 3.14 bits per heavy atom. The zero-order valence-electron chi connectivity index (χ0n) is 7.14. The molecule has 1 aromatic heterocycles. The van der Waals surface area contributed by atoms with Crippen LogP contribution in [0.2, 0.25) is 0 Å². The van der Waals surface area contributed by atoms with E-state index in [9.17, 15) is 0 Å². The van der Waals surface area contributed by atoms with E-state index < -0.39 is 6.23 Å². The molecule has 72 valence electrons. The van der Waals surface area contributed by atoms with Gasteiger partial charge in [-0.25, -0.2) is 0 Å². The summed E-state index contributed by atoms with van der Waals surface area (Å²) in [6.07, 6.45) is 1.11. The predicted octanol–water partition coefficient (Wildman–Crippen LogP) is 0.667. The number of hydrogen-bond acceptors (Lipinski definition) is 6. The predicted molar refractivity (Wildman–Crippen MR) is 49.7 cm³/mol. The Balaban J connectivity index is 2.35. The van der Waals surface area contributed by atoms with E-state index in [1.807, 2.05) is 6.07 Å². The first-order valence-electron chi connectivity index (χ1n) is 3.89. The number of aromatic nitrogens is 1. The standard InChI is InChI=1S/C8H7N3O2S/c9-1-5(6-2-11-4-14-6)8-12-3-7(10)13-8/h2,4,7H,3,10H2. The Morgan fingerprint density at radius 1 is 1.79 bits per heavy atom. The minimum absolute atomic E-state index is 0.198. The lowest BCUT2D eigenvalue weighted by atomic mass is 10.3. The average Bonchev–Trinajstić information content (AvgIpc) is 2.79. The van der Waals surface area contributed by atoms with Gasteiger partial charge < -0.3 is 9.47 Å². The number of hydrogen-bond donors (Lipinski definition) is 1. The topological polar surface area (TPSA) is 81.2 Å². The molecule has 0 aromatic carbocycles. The lowest BCUT2D eigenvalue weighted by Gasteiger charge is -2.00. The van der Waals surface area contributed by atoms with Gasteiger partial charge >= 0.3 is 5.95 Å². The average molecular weight is 209 g/mol. The van der Waals surface area contributed by atoms with Crippen molar-refractivity contribution in [2.75, 3.05) is 6.61 Å². The van der Waals surface area contributed by atoms with Crippen molar-refractivity contribution < 1.29 is 9.47 Å². The molecule has 1 saturated heterocycles. The quantitative estimate of drug-likeness (QED) is 0.687. The van der Waals surface area contributed by atoms with E-state index in [1.54, 1.807) is 11.7 Å². The zero-order chi connectivity index (χ0) is 9.97. The second-order valence-corrected chi connectivity index (χ2v) is 3.49. The van der Waals surface area contributed by atoms with Gasteiger partial charge in [0.2, 0.25) is 0 Å². The van der Waals surface area contributed by atoms with Crippen LogP contribution in [0.4, 0.5) is 0 Å². The number of nitriles is 1. The molecule has 0 bridgehead atoms. The summed E-state index contributed by atoms with van der Waals surface area (Å²) in [5.74, 6) is 0.198. The molecule has 1 atom stereocenters. The number of allylic oxidation sites excluding steroid dienone is 1. The van der Waals surface area contributed by atoms with Crippen LogP contribution < -0.4 is 5.73 Å². The van der Waals surface area contributed by atoms with E-state index in [0.717, 1.165) is 4.88 Å². The third-order valence-corrected chi connectivity index (χ3v) is 2.42. The second kappa shape index (κ2) is 3.65. The van der Waals surface area contributed by atoms with E-state index in [-0.39, 0.29) is 12.6 Å². The first-order chi connectivity index (χ1) is 6.81. The van der Waals surface area contributed by atoms with Crippen LogP contribution in [0.25, 0.3) is 5.57 Å². The van der Waals surface area contributed by atoms with Gasteiger partial charge in [0.05, 0.1) is 10.4 Å². The van der Waals surface area contributed by atoms with Gasteiger partial charge in [-0.3, -0.25) is 10.7 Å². The fraction of sp³-hybridized carbons (Fsp3) is 0.250. The van der Waals surface area contributed by atoms with Gasteiger partial charge in [-0.1, -0.05) is 0 Å². The van der Waals surface area contributed by atoms with Crippen LogP contribution in [0.15, 0.2) is 17.7 Å². The highest BCUT2D eigenvalue weighted by Crippen LogP contribution is 2.26. The molecule has 0 amide bonds. The third-order valence-electron chi connectivity index (χ3n) is 1.63. The van der Waals surface area contributed by atoms with E-state index in [0.29, 0.717) is 5.57 Å². The number of nitrogens with two attached hydrogens (primary N) is 1. The number of thiazole rings is 1. The van der Waals surface area contributed by atoms with E-state index >= 15 is 0 Å². The normalized spacial score (nSPS) is 23.6. The van der Waals surface area contributed by atoms with E-state index in [2.05, 4.69) is 4.98 Å². The molecule has 1 aromatic rings. The highest BCUT2D eigenvalue weighted by Gasteiger charge is 2.23. The Labute approximate surface area is 84.4 Å². The van der Waals surface area contributed by atoms with Crippen LogP contribution in [0, 0.1) is 11.3 Å². The first kappa shape index (κ1) is 8.99. The summed E-state index contributed by atoms with van der Waals surface area (Å²) in [6, 6.07) is 2.01. The Bertz CT molecular complexity index is 393. The van der Waals surface area contributed by atoms with Crippen molar-refractivity contribution in [3.63, 3.8) is 0 Å². The summed E-state index contributed by atoms with van der Waals surface area (Å²) in [4.78, 5) is 4.59. The van der Waals surface area contributed by atoms with Gasteiger partial charge in [0.1, 0.15) is 12.7 Å². The highest BCUT2D eigenvalue weighted by molar-refractivity contribution is 7.10. The lowest BCUT2D eigenvalue weighted by Crippen LogP contribution is -2.20. The van der Waals surface area contributed by atoms with Gasteiger partial charge in [-0.2, -0.15) is 5.26 Å². The monoisotopic (exact) mass is 209 g/mol. The summed E-state index contributed by atoms with van der Waals surface area (Å²) in [7, 11) is 0. The van der Waals surface area contributed by atoms with Gasteiger partial charge in [0, 0.05) is 6.20 Å². The van der Waals surface area contributed by atoms with Crippen LogP contribution in [0.3, 0.4) is 0 Å². The van der Waals surface area contributed by atoms with Crippen LogP contribution >= 0.6 is 11.3 Å². The minimum atomic E-state index is -0.485. The van der Waals surface area contributed by atoms with Crippen molar-refractivity contribution in [2.24, 2.45) is 5.73 Å². The van der Waals surface area contributed by atoms with Crippen LogP contribution in [-0.2, 0) is 9.47 Å². The molecule has 0 saturated carbocycles. The maximum Gasteiger partial charge on any atom is 0.301 e. The molecule has 14 heavy (non-hydrogen) atoms.